The van der Waals surface area contributed by atoms with Gasteiger partial charge in [0.25, 0.3) is 11.1 Å². The Morgan fingerprint density at radius 3 is 2.58 bits per heavy atom. The van der Waals surface area contributed by atoms with Crippen molar-refractivity contribution in [2.24, 2.45) is 0 Å². The van der Waals surface area contributed by atoms with Crippen molar-refractivity contribution in [2.75, 3.05) is 26.1 Å². The number of halogens is 3. The largest absolute Gasteiger partial charge is 0.493 e. The van der Waals surface area contributed by atoms with Crippen molar-refractivity contribution in [2.45, 2.75) is 0 Å². The highest BCUT2D eigenvalue weighted by Crippen LogP contribution is 2.37. The molecule has 0 spiro atoms. The lowest BCUT2D eigenvalue weighted by Gasteiger charge is -2.13. The van der Waals surface area contributed by atoms with Crippen molar-refractivity contribution < 1.29 is 32.6 Å². The summed E-state index contributed by atoms with van der Waals surface area (Å²) in [7, 11) is 2.99. The number of amides is 3. The van der Waals surface area contributed by atoms with E-state index in [9.17, 15) is 23.2 Å². The van der Waals surface area contributed by atoms with E-state index in [1.807, 2.05) is 0 Å². The van der Waals surface area contributed by atoms with Crippen LogP contribution in [0.4, 0.5) is 19.3 Å². The van der Waals surface area contributed by atoms with E-state index in [0.717, 1.165) is 20.6 Å². The SMILES string of the molecule is COc1cc(/C=C2/SC(=O)N(CC(=O)Nc3ccc(F)cc3F)C2=O)cc(I)c1OC. The second kappa shape index (κ2) is 9.64. The number of hydrogen-bond donors (Lipinski definition) is 1. The van der Waals surface area contributed by atoms with E-state index in [2.05, 4.69) is 27.9 Å². The third kappa shape index (κ3) is 5.15. The summed E-state index contributed by atoms with van der Waals surface area (Å²) in [6.45, 7) is -0.609. The third-order valence-corrected chi connectivity index (χ3v) is 5.84. The summed E-state index contributed by atoms with van der Waals surface area (Å²) < 4.78 is 38.0. The quantitative estimate of drug-likeness (QED) is 0.420. The molecule has 0 aromatic heterocycles. The van der Waals surface area contributed by atoms with Crippen molar-refractivity contribution in [3.05, 3.63) is 56.0 Å². The van der Waals surface area contributed by atoms with Gasteiger partial charge in [-0.2, -0.15) is 0 Å². The molecule has 0 radical (unpaired) electrons. The second-order valence-electron chi connectivity index (χ2n) is 6.18. The topological polar surface area (TPSA) is 84.9 Å². The molecule has 1 aliphatic heterocycles. The van der Waals surface area contributed by atoms with Gasteiger partial charge < -0.3 is 14.8 Å². The second-order valence-corrected chi connectivity index (χ2v) is 8.33. The summed E-state index contributed by atoms with van der Waals surface area (Å²) in [4.78, 5) is 37.9. The monoisotopic (exact) mass is 560 g/mol. The number of imide groups is 1. The Morgan fingerprint density at radius 2 is 1.94 bits per heavy atom. The lowest BCUT2D eigenvalue weighted by molar-refractivity contribution is -0.127. The first-order chi connectivity index (χ1) is 14.7. The fourth-order valence-corrected chi connectivity index (χ4v) is 4.42. The minimum Gasteiger partial charge on any atom is -0.493 e. The van der Waals surface area contributed by atoms with Crippen LogP contribution in [-0.2, 0) is 9.59 Å². The maximum Gasteiger partial charge on any atom is 0.294 e. The molecule has 3 rings (SSSR count). The predicted octanol–water partition coefficient (Wildman–Crippen LogP) is 4.26. The normalized spacial score (nSPS) is 14.9. The van der Waals surface area contributed by atoms with Crippen LogP contribution in [0.3, 0.4) is 0 Å². The van der Waals surface area contributed by atoms with Gasteiger partial charge in [0, 0.05) is 6.07 Å². The molecule has 7 nitrogen and oxygen atoms in total. The molecule has 1 fully saturated rings. The minimum atomic E-state index is -0.967. The lowest BCUT2D eigenvalue weighted by Crippen LogP contribution is -2.36. The van der Waals surface area contributed by atoms with Gasteiger partial charge in [-0.15, -0.1) is 0 Å². The zero-order chi connectivity index (χ0) is 22.7. The molecule has 1 saturated heterocycles. The number of anilines is 1. The molecule has 0 unspecified atom stereocenters. The first kappa shape index (κ1) is 23.0. The standard InChI is InChI=1S/C20H15F2IN2O5S/c1-29-15-6-10(5-13(23)18(15)30-2)7-16-19(27)25(20(28)31-16)9-17(26)24-14-4-3-11(21)8-12(14)22/h3-8H,9H2,1-2H3,(H,24,26)/b16-7+. The van der Waals surface area contributed by atoms with Crippen molar-refractivity contribution in [3.63, 3.8) is 0 Å². The summed E-state index contributed by atoms with van der Waals surface area (Å²) in [5, 5.41) is 1.58. The molecule has 1 N–H and O–H groups in total. The molecule has 2 aromatic rings. The van der Waals surface area contributed by atoms with Gasteiger partial charge in [-0.25, -0.2) is 8.78 Å². The fourth-order valence-electron chi connectivity index (χ4n) is 2.73. The Kier molecular flexibility index (Phi) is 7.15. The molecule has 162 valence electrons. The molecule has 0 saturated carbocycles. The zero-order valence-corrected chi connectivity index (χ0v) is 19.2. The predicted molar refractivity (Wildman–Crippen MR) is 120 cm³/mol. The van der Waals surface area contributed by atoms with Crippen LogP contribution >= 0.6 is 34.4 Å². The molecule has 1 heterocycles. The van der Waals surface area contributed by atoms with Gasteiger partial charge in [0.1, 0.15) is 18.2 Å². The highest BCUT2D eigenvalue weighted by molar-refractivity contribution is 14.1. The van der Waals surface area contributed by atoms with Crippen LogP contribution in [0.15, 0.2) is 35.2 Å². The molecule has 1 aliphatic rings. The van der Waals surface area contributed by atoms with Crippen LogP contribution in [0.5, 0.6) is 11.5 Å². The minimum absolute atomic E-state index is 0.119. The number of methoxy groups -OCH3 is 2. The number of benzene rings is 2. The summed E-state index contributed by atoms with van der Waals surface area (Å²) in [6.07, 6.45) is 1.51. The molecule has 0 aliphatic carbocycles. The molecular formula is C20H15F2IN2O5S. The number of rotatable bonds is 6. The zero-order valence-electron chi connectivity index (χ0n) is 16.2. The van der Waals surface area contributed by atoms with Gasteiger partial charge in [0.15, 0.2) is 11.5 Å². The molecule has 11 heteroatoms. The van der Waals surface area contributed by atoms with Crippen LogP contribution in [0.25, 0.3) is 6.08 Å². The summed E-state index contributed by atoms with van der Waals surface area (Å²) in [6, 6.07) is 6.04. The van der Waals surface area contributed by atoms with Crippen molar-refractivity contribution >= 4 is 63.2 Å². The van der Waals surface area contributed by atoms with Gasteiger partial charge in [-0.3, -0.25) is 19.3 Å². The first-order valence-electron chi connectivity index (χ1n) is 8.65. The highest BCUT2D eigenvalue weighted by Gasteiger charge is 2.36. The van der Waals surface area contributed by atoms with E-state index in [1.54, 1.807) is 12.1 Å². The first-order valence-corrected chi connectivity index (χ1v) is 10.5. The third-order valence-electron chi connectivity index (χ3n) is 4.13. The molecule has 31 heavy (non-hydrogen) atoms. The number of carbonyl (C=O) groups is 3. The molecule has 3 amide bonds. The molecule has 0 atom stereocenters. The van der Waals surface area contributed by atoms with Crippen molar-refractivity contribution in [1.82, 2.24) is 4.90 Å². The van der Waals surface area contributed by atoms with Gasteiger partial charge in [0.05, 0.1) is 28.4 Å². The van der Waals surface area contributed by atoms with E-state index >= 15 is 0 Å². The number of carbonyl (C=O) groups excluding carboxylic acids is 3. The summed E-state index contributed by atoms with van der Waals surface area (Å²) in [5.74, 6) is -2.22. The van der Waals surface area contributed by atoms with Crippen molar-refractivity contribution in [3.8, 4) is 11.5 Å². The van der Waals surface area contributed by atoms with E-state index in [0.29, 0.717) is 34.9 Å². The van der Waals surface area contributed by atoms with Gasteiger partial charge in [-0.1, -0.05) is 0 Å². The summed E-state index contributed by atoms with van der Waals surface area (Å²) in [5.41, 5.74) is 0.346. The molecule has 2 aromatic carbocycles. The Morgan fingerprint density at radius 1 is 1.19 bits per heavy atom. The average molecular weight is 560 g/mol. The van der Waals surface area contributed by atoms with E-state index in [-0.39, 0.29) is 10.6 Å². The maximum absolute atomic E-state index is 13.7. The highest BCUT2D eigenvalue weighted by atomic mass is 127. The fraction of sp³-hybridized carbons (Fsp3) is 0.150. The average Bonchev–Trinajstić information content (AvgIpc) is 2.97. The number of hydrogen-bond acceptors (Lipinski definition) is 6. The smallest absolute Gasteiger partial charge is 0.294 e. The Labute approximate surface area is 193 Å². The van der Waals surface area contributed by atoms with E-state index in [1.165, 1.54) is 20.3 Å². The number of nitrogens with one attached hydrogen (secondary N) is 1. The van der Waals surface area contributed by atoms with Crippen LogP contribution in [0, 0.1) is 15.2 Å². The van der Waals surface area contributed by atoms with E-state index in [4.69, 9.17) is 9.47 Å². The van der Waals surface area contributed by atoms with Crippen LogP contribution < -0.4 is 14.8 Å². The summed E-state index contributed by atoms with van der Waals surface area (Å²) >= 11 is 2.74. The van der Waals surface area contributed by atoms with Gasteiger partial charge in [0.2, 0.25) is 5.91 Å². The molecule has 0 bridgehead atoms. The number of ether oxygens (including phenoxy) is 2. The Balaban J connectivity index is 1.76. The Bertz CT molecular complexity index is 1110. The van der Waals surface area contributed by atoms with Gasteiger partial charge in [-0.05, 0) is 70.3 Å². The Hall–Kier alpha value is -2.67. The van der Waals surface area contributed by atoms with Crippen LogP contribution in [0.1, 0.15) is 5.56 Å². The van der Waals surface area contributed by atoms with E-state index < -0.39 is 35.2 Å². The molecular weight excluding hydrogens is 545 g/mol. The van der Waals surface area contributed by atoms with Crippen molar-refractivity contribution in [1.29, 1.82) is 0 Å². The lowest BCUT2D eigenvalue weighted by atomic mass is 10.2. The van der Waals surface area contributed by atoms with Crippen LogP contribution in [-0.4, -0.2) is 42.7 Å². The number of nitrogens with zero attached hydrogens (tertiary/aromatic N) is 1. The van der Waals surface area contributed by atoms with Gasteiger partial charge >= 0.3 is 0 Å². The number of thioether (sulfide) groups is 1. The van der Waals surface area contributed by atoms with Crippen LogP contribution in [0.2, 0.25) is 0 Å². The maximum atomic E-state index is 13.7.